The third-order valence-corrected chi connectivity index (χ3v) is 4.15. The first-order valence-corrected chi connectivity index (χ1v) is 8.25. The first-order valence-electron chi connectivity index (χ1n) is 8.25. The third kappa shape index (κ3) is 4.79. The molecule has 0 aromatic heterocycles. The van der Waals surface area contributed by atoms with Crippen molar-refractivity contribution in [2.24, 2.45) is 5.92 Å². The van der Waals surface area contributed by atoms with E-state index in [-0.39, 0.29) is 23.8 Å². The molecule has 0 spiro atoms. The molecule has 0 saturated carbocycles. The average molecular weight is 318 g/mol. The Labute approximate surface area is 137 Å². The van der Waals surface area contributed by atoms with Crippen molar-refractivity contribution in [1.29, 1.82) is 0 Å². The summed E-state index contributed by atoms with van der Waals surface area (Å²) in [6.07, 6.45) is 2.11. The maximum absolute atomic E-state index is 12.4. The first kappa shape index (κ1) is 17.5. The zero-order valence-electron chi connectivity index (χ0n) is 14.1. The SMILES string of the molecule is Cc1ccccc1C(=O)N[C@@H](C(=O)NC[C@H]1CCCO1)C(C)C. The molecular formula is C18H26N2O3. The molecule has 0 radical (unpaired) electrons. The van der Waals surface area contributed by atoms with Crippen molar-refractivity contribution in [3.63, 3.8) is 0 Å². The Kier molecular flexibility index (Phi) is 6.16. The summed E-state index contributed by atoms with van der Waals surface area (Å²) in [4.78, 5) is 24.8. The molecule has 5 heteroatoms. The van der Waals surface area contributed by atoms with Crippen LogP contribution in [0, 0.1) is 12.8 Å². The second-order valence-corrected chi connectivity index (χ2v) is 6.39. The van der Waals surface area contributed by atoms with Gasteiger partial charge < -0.3 is 15.4 Å². The molecule has 126 valence electrons. The van der Waals surface area contributed by atoms with Crippen LogP contribution in [0.25, 0.3) is 0 Å². The summed E-state index contributed by atoms with van der Waals surface area (Å²) < 4.78 is 5.51. The van der Waals surface area contributed by atoms with E-state index in [2.05, 4.69) is 10.6 Å². The van der Waals surface area contributed by atoms with Gasteiger partial charge in [-0.1, -0.05) is 32.0 Å². The Morgan fingerprint density at radius 2 is 2.04 bits per heavy atom. The normalized spacial score (nSPS) is 18.7. The molecule has 1 saturated heterocycles. The second kappa shape index (κ2) is 8.11. The molecule has 1 aliphatic rings. The van der Waals surface area contributed by atoms with Gasteiger partial charge in [0, 0.05) is 18.7 Å². The molecule has 1 fully saturated rings. The number of carbonyl (C=O) groups is 2. The molecule has 2 amide bonds. The van der Waals surface area contributed by atoms with Crippen molar-refractivity contribution in [3.05, 3.63) is 35.4 Å². The summed E-state index contributed by atoms with van der Waals surface area (Å²) in [6.45, 7) is 7.00. The molecule has 23 heavy (non-hydrogen) atoms. The van der Waals surface area contributed by atoms with Crippen molar-refractivity contribution in [1.82, 2.24) is 10.6 Å². The summed E-state index contributed by atoms with van der Waals surface area (Å²) in [7, 11) is 0. The lowest BCUT2D eigenvalue weighted by atomic mass is 10.0. The largest absolute Gasteiger partial charge is 0.376 e. The van der Waals surface area contributed by atoms with Crippen LogP contribution in [0.4, 0.5) is 0 Å². The van der Waals surface area contributed by atoms with Crippen LogP contribution in [0.5, 0.6) is 0 Å². The van der Waals surface area contributed by atoms with Gasteiger partial charge in [0.25, 0.3) is 5.91 Å². The van der Waals surface area contributed by atoms with Crippen LogP contribution >= 0.6 is 0 Å². The van der Waals surface area contributed by atoms with Crippen LogP contribution in [0.1, 0.15) is 42.6 Å². The topological polar surface area (TPSA) is 67.4 Å². The van der Waals surface area contributed by atoms with Crippen molar-refractivity contribution in [2.75, 3.05) is 13.2 Å². The predicted octanol–water partition coefficient (Wildman–Crippen LogP) is 2.04. The van der Waals surface area contributed by atoms with Gasteiger partial charge in [-0.15, -0.1) is 0 Å². The number of benzene rings is 1. The lowest BCUT2D eigenvalue weighted by Crippen LogP contribution is -2.51. The molecule has 2 rings (SSSR count). The number of hydrogen-bond acceptors (Lipinski definition) is 3. The van der Waals surface area contributed by atoms with E-state index in [1.54, 1.807) is 6.07 Å². The maximum Gasteiger partial charge on any atom is 0.252 e. The van der Waals surface area contributed by atoms with Crippen LogP contribution < -0.4 is 10.6 Å². The highest BCUT2D eigenvalue weighted by molar-refractivity contribution is 5.98. The zero-order chi connectivity index (χ0) is 16.8. The number of rotatable bonds is 6. The molecule has 0 bridgehead atoms. The lowest BCUT2D eigenvalue weighted by molar-refractivity contribution is -0.124. The Bertz CT molecular complexity index is 551. The summed E-state index contributed by atoms with van der Waals surface area (Å²) in [5.41, 5.74) is 1.50. The lowest BCUT2D eigenvalue weighted by Gasteiger charge is -2.23. The van der Waals surface area contributed by atoms with E-state index in [1.165, 1.54) is 0 Å². The van der Waals surface area contributed by atoms with Gasteiger partial charge in [-0.3, -0.25) is 9.59 Å². The monoisotopic (exact) mass is 318 g/mol. The van der Waals surface area contributed by atoms with Gasteiger partial charge in [0.2, 0.25) is 5.91 Å². The Balaban J connectivity index is 1.96. The zero-order valence-corrected chi connectivity index (χ0v) is 14.1. The van der Waals surface area contributed by atoms with E-state index in [9.17, 15) is 9.59 Å². The molecule has 5 nitrogen and oxygen atoms in total. The Morgan fingerprint density at radius 1 is 1.30 bits per heavy atom. The molecule has 1 aliphatic heterocycles. The van der Waals surface area contributed by atoms with Crippen molar-refractivity contribution >= 4 is 11.8 Å². The minimum absolute atomic E-state index is 0.00691. The van der Waals surface area contributed by atoms with E-state index in [0.717, 1.165) is 25.0 Å². The minimum Gasteiger partial charge on any atom is -0.376 e. The van der Waals surface area contributed by atoms with Gasteiger partial charge in [-0.25, -0.2) is 0 Å². The standard InChI is InChI=1S/C18H26N2O3/c1-12(2)16(18(22)19-11-14-8-6-10-23-14)20-17(21)15-9-5-4-7-13(15)3/h4-5,7,9,12,14,16H,6,8,10-11H2,1-3H3,(H,19,22)(H,20,21)/t14-,16-/m1/s1. The van der Waals surface area contributed by atoms with Gasteiger partial charge in [-0.05, 0) is 37.3 Å². The Hall–Kier alpha value is -1.88. The molecule has 0 aliphatic carbocycles. The number of hydrogen-bond donors (Lipinski definition) is 2. The van der Waals surface area contributed by atoms with E-state index >= 15 is 0 Å². The number of nitrogens with one attached hydrogen (secondary N) is 2. The van der Waals surface area contributed by atoms with Gasteiger partial charge in [0.15, 0.2) is 0 Å². The van der Waals surface area contributed by atoms with Crippen LogP contribution in [0.2, 0.25) is 0 Å². The quantitative estimate of drug-likeness (QED) is 0.843. The van der Waals surface area contributed by atoms with Crippen LogP contribution in [0.3, 0.4) is 0 Å². The summed E-state index contributed by atoms with van der Waals surface area (Å²) in [5, 5.41) is 5.76. The van der Waals surface area contributed by atoms with E-state index in [0.29, 0.717) is 12.1 Å². The van der Waals surface area contributed by atoms with Gasteiger partial charge in [-0.2, -0.15) is 0 Å². The van der Waals surface area contributed by atoms with Crippen LogP contribution in [-0.4, -0.2) is 37.1 Å². The molecule has 0 unspecified atom stereocenters. The summed E-state index contributed by atoms with van der Waals surface area (Å²) in [5.74, 6) is -0.362. The highest BCUT2D eigenvalue weighted by Crippen LogP contribution is 2.12. The molecule has 1 heterocycles. The highest BCUT2D eigenvalue weighted by atomic mass is 16.5. The van der Waals surface area contributed by atoms with Gasteiger partial charge in [0.05, 0.1) is 6.10 Å². The molecule has 1 aromatic carbocycles. The maximum atomic E-state index is 12.4. The molecule has 1 aromatic rings. The highest BCUT2D eigenvalue weighted by Gasteiger charge is 2.26. The fraction of sp³-hybridized carbons (Fsp3) is 0.556. The fourth-order valence-electron chi connectivity index (χ4n) is 2.71. The fourth-order valence-corrected chi connectivity index (χ4v) is 2.71. The minimum atomic E-state index is -0.552. The Morgan fingerprint density at radius 3 is 2.65 bits per heavy atom. The van der Waals surface area contributed by atoms with E-state index in [4.69, 9.17) is 4.74 Å². The van der Waals surface area contributed by atoms with Crippen molar-refractivity contribution < 1.29 is 14.3 Å². The average Bonchev–Trinajstić information content (AvgIpc) is 3.03. The van der Waals surface area contributed by atoms with Crippen LogP contribution in [0.15, 0.2) is 24.3 Å². The van der Waals surface area contributed by atoms with E-state index in [1.807, 2.05) is 39.0 Å². The summed E-state index contributed by atoms with van der Waals surface area (Å²) in [6, 6.07) is 6.82. The van der Waals surface area contributed by atoms with Gasteiger partial charge in [0.1, 0.15) is 6.04 Å². The summed E-state index contributed by atoms with van der Waals surface area (Å²) >= 11 is 0. The number of aryl methyl sites for hydroxylation is 1. The van der Waals surface area contributed by atoms with Crippen molar-refractivity contribution in [2.45, 2.75) is 45.8 Å². The number of carbonyl (C=O) groups excluding carboxylic acids is 2. The molecular weight excluding hydrogens is 292 g/mol. The predicted molar refractivity (Wildman–Crippen MR) is 89.3 cm³/mol. The molecule has 2 N–H and O–H groups in total. The second-order valence-electron chi connectivity index (χ2n) is 6.39. The van der Waals surface area contributed by atoms with E-state index < -0.39 is 6.04 Å². The third-order valence-electron chi connectivity index (χ3n) is 4.15. The van der Waals surface area contributed by atoms with Crippen LogP contribution in [-0.2, 0) is 9.53 Å². The molecule has 2 atom stereocenters. The van der Waals surface area contributed by atoms with Gasteiger partial charge >= 0.3 is 0 Å². The first-order chi connectivity index (χ1) is 11.0. The van der Waals surface area contributed by atoms with Crippen molar-refractivity contribution in [3.8, 4) is 0 Å². The number of amides is 2. The number of ether oxygens (including phenoxy) is 1. The smallest absolute Gasteiger partial charge is 0.252 e.